The summed E-state index contributed by atoms with van der Waals surface area (Å²) < 4.78 is 0. The summed E-state index contributed by atoms with van der Waals surface area (Å²) in [5, 5.41) is 2.85. The summed E-state index contributed by atoms with van der Waals surface area (Å²) in [5.74, 6) is 0. The molecule has 1 heterocycles. The van der Waals surface area contributed by atoms with Gasteiger partial charge in [-0.05, 0) is 12.1 Å². The average Bonchev–Trinajstić information content (AvgIpc) is 2.41. The Labute approximate surface area is 106 Å². The van der Waals surface area contributed by atoms with Crippen LogP contribution in [0.1, 0.15) is 0 Å². The molecule has 0 atom stereocenters. The fourth-order valence-corrected chi connectivity index (χ4v) is 1.92. The van der Waals surface area contributed by atoms with Crippen molar-refractivity contribution >= 4 is 18.0 Å². The molecular formula is C13H16N3O2. The van der Waals surface area contributed by atoms with E-state index in [0.717, 1.165) is 18.8 Å². The van der Waals surface area contributed by atoms with Crippen molar-refractivity contribution in [1.29, 1.82) is 0 Å². The molecule has 1 N–H and O–H groups in total. The van der Waals surface area contributed by atoms with Crippen molar-refractivity contribution in [3.05, 3.63) is 30.3 Å². The van der Waals surface area contributed by atoms with Crippen LogP contribution in [0.2, 0.25) is 0 Å². The number of anilines is 1. The van der Waals surface area contributed by atoms with Gasteiger partial charge in [-0.2, -0.15) is 0 Å². The quantitative estimate of drug-likeness (QED) is 0.863. The minimum absolute atomic E-state index is 0.0871. The number of benzene rings is 1. The summed E-state index contributed by atoms with van der Waals surface area (Å²) in [6.07, 6.45) is 1.88. The second-order valence-electron chi connectivity index (χ2n) is 4.20. The lowest BCUT2D eigenvalue weighted by atomic mass is 10.3. The molecule has 2 rings (SSSR count). The van der Waals surface area contributed by atoms with Gasteiger partial charge in [0.25, 0.3) is 0 Å². The standard InChI is InChI=1S/C13H16N3O2/c17-11-10-15-6-8-16(9-7-15)13(18)14-12-4-2-1-3-5-12/h1-5H,6-10H2,(H,14,18). The maximum absolute atomic E-state index is 12.0. The Morgan fingerprint density at radius 2 is 1.83 bits per heavy atom. The normalized spacial score (nSPS) is 16.3. The van der Waals surface area contributed by atoms with Gasteiger partial charge in [0.2, 0.25) is 6.29 Å². The van der Waals surface area contributed by atoms with Crippen molar-refractivity contribution in [3.63, 3.8) is 0 Å². The Hall–Kier alpha value is -1.88. The van der Waals surface area contributed by atoms with Gasteiger partial charge in [-0.3, -0.25) is 9.69 Å². The van der Waals surface area contributed by atoms with E-state index in [1.54, 1.807) is 4.90 Å². The first-order valence-electron chi connectivity index (χ1n) is 5.98. The number of nitrogens with one attached hydrogen (secondary N) is 1. The molecule has 0 aromatic heterocycles. The van der Waals surface area contributed by atoms with Gasteiger partial charge in [-0.15, -0.1) is 0 Å². The van der Waals surface area contributed by atoms with Gasteiger partial charge in [0, 0.05) is 31.9 Å². The van der Waals surface area contributed by atoms with E-state index in [1.807, 2.05) is 41.5 Å². The Kier molecular flexibility index (Phi) is 4.30. The Morgan fingerprint density at radius 3 is 2.44 bits per heavy atom. The van der Waals surface area contributed by atoms with E-state index in [4.69, 9.17) is 0 Å². The van der Waals surface area contributed by atoms with E-state index < -0.39 is 0 Å². The molecule has 5 heteroatoms. The zero-order chi connectivity index (χ0) is 12.8. The Morgan fingerprint density at radius 1 is 1.17 bits per heavy atom. The van der Waals surface area contributed by atoms with Crippen LogP contribution >= 0.6 is 0 Å². The largest absolute Gasteiger partial charge is 0.322 e. The van der Waals surface area contributed by atoms with Crippen LogP contribution in [0.25, 0.3) is 0 Å². The number of rotatable bonds is 3. The summed E-state index contributed by atoms with van der Waals surface area (Å²) in [7, 11) is 0. The van der Waals surface area contributed by atoms with Crippen molar-refractivity contribution in [2.45, 2.75) is 0 Å². The summed E-state index contributed by atoms with van der Waals surface area (Å²) in [6.45, 7) is 3.05. The number of piperazine rings is 1. The lowest BCUT2D eigenvalue weighted by Gasteiger charge is -2.33. The smallest absolute Gasteiger partial charge is 0.321 e. The van der Waals surface area contributed by atoms with Crippen LogP contribution in [-0.4, -0.2) is 54.8 Å². The topological polar surface area (TPSA) is 52.7 Å². The lowest BCUT2D eigenvalue weighted by Crippen LogP contribution is -2.50. The number of nitrogens with zero attached hydrogens (tertiary/aromatic N) is 2. The highest BCUT2D eigenvalue weighted by Gasteiger charge is 2.20. The average molecular weight is 246 g/mol. The van der Waals surface area contributed by atoms with Crippen LogP contribution in [-0.2, 0) is 4.79 Å². The monoisotopic (exact) mass is 246 g/mol. The van der Waals surface area contributed by atoms with Crippen molar-refractivity contribution in [3.8, 4) is 0 Å². The molecule has 1 saturated heterocycles. The molecule has 2 amide bonds. The van der Waals surface area contributed by atoms with E-state index >= 15 is 0 Å². The zero-order valence-electron chi connectivity index (χ0n) is 10.1. The highest BCUT2D eigenvalue weighted by Crippen LogP contribution is 2.08. The van der Waals surface area contributed by atoms with Gasteiger partial charge in [-0.25, -0.2) is 4.79 Å². The van der Waals surface area contributed by atoms with E-state index in [2.05, 4.69) is 5.32 Å². The van der Waals surface area contributed by atoms with Crippen molar-refractivity contribution in [2.24, 2.45) is 0 Å². The molecule has 1 aliphatic rings. The number of carbonyl (C=O) groups is 1. The molecule has 1 aliphatic heterocycles. The van der Waals surface area contributed by atoms with E-state index in [0.29, 0.717) is 19.6 Å². The summed E-state index contributed by atoms with van der Waals surface area (Å²) >= 11 is 0. The number of hydrogen-bond acceptors (Lipinski definition) is 3. The second kappa shape index (κ2) is 6.16. The van der Waals surface area contributed by atoms with Gasteiger partial charge in [0.05, 0.1) is 6.54 Å². The Bertz CT molecular complexity index is 400. The van der Waals surface area contributed by atoms with Gasteiger partial charge < -0.3 is 10.2 Å². The number of urea groups is 1. The second-order valence-corrected chi connectivity index (χ2v) is 4.20. The molecule has 18 heavy (non-hydrogen) atoms. The third-order valence-electron chi connectivity index (χ3n) is 2.97. The molecule has 0 saturated carbocycles. The van der Waals surface area contributed by atoms with E-state index in [-0.39, 0.29) is 6.03 Å². The number of amides is 2. The van der Waals surface area contributed by atoms with E-state index in [1.165, 1.54) is 0 Å². The highest BCUT2D eigenvalue weighted by molar-refractivity contribution is 5.89. The maximum atomic E-state index is 12.0. The molecule has 95 valence electrons. The van der Waals surface area contributed by atoms with Crippen LogP contribution in [0.3, 0.4) is 0 Å². The summed E-state index contributed by atoms with van der Waals surface area (Å²) in [5.41, 5.74) is 0.797. The SMILES string of the molecule is O=[C]CN1CCN(C(=O)Nc2ccccc2)CC1. The van der Waals surface area contributed by atoms with E-state index in [9.17, 15) is 9.59 Å². The van der Waals surface area contributed by atoms with Crippen LogP contribution in [0.4, 0.5) is 10.5 Å². The predicted octanol–water partition coefficient (Wildman–Crippen LogP) is 0.946. The van der Waals surface area contributed by atoms with Crippen LogP contribution in [0.5, 0.6) is 0 Å². The Balaban J connectivity index is 1.82. The molecule has 0 bridgehead atoms. The van der Waals surface area contributed by atoms with Gasteiger partial charge in [0.1, 0.15) is 0 Å². The molecule has 1 aromatic carbocycles. The number of para-hydroxylation sites is 1. The first kappa shape index (κ1) is 12.6. The third-order valence-corrected chi connectivity index (χ3v) is 2.97. The molecular weight excluding hydrogens is 230 g/mol. The van der Waals surface area contributed by atoms with Gasteiger partial charge >= 0.3 is 6.03 Å². The van der Waals surface area contributed by atoms with Crippen molar-refractivity contribution < 1.29 is 9.59 Å². The minimum atomic E-state index is -0.0871. The molecule has 1 aromatic rings. The lowest BCUT2D eigenvalue weighted by molar-refractivity contribution is 0.157. The fraction of sp³-hybridized carbons (Fsp3) is 0.385. The van der Waals surface area contributed by atoms with Crippen molar-refractivity contribution in [1.82, 2.24) is 9.80 Å². The molecule has 0 spiro atoms. The molecule has 0 unspecified atom stereocenters. The van der Waals surface area contributed by atoms with Crippen LogP contribution in [0, 0.1) is 0 Å². The maximum Gasteiger partial charge on any atom is 0.321 e. The van der Waals surface area contributed by atoms with Crippen LogP contribution < -0.4 is 5.32 Å². The number of carbonyl (C=O) groups excluding carboxylic acids is 2. The van der Waals surface area contributed by atoms with Gasteiger partial charge in [0.15, 0.2) is 0 Å². The summed E-state index contributed by atoms with van der Waals surface area (Å²) in [6, 6.07) is 9.30. The fourth-order valence-electron chi connectivity index (χ4n) is 1.92. The highest BCUT2D eigenvalue weighted by atomic mass is 16.2. The minimum Gasteiger partial charge on any atom is -0.322 e. The molecule has 1 fully saturated rings. The third kappa shape index (κ3) is 3.30. The molecule has 0 aliphatic carbocycles. The van der Waals surface area contributed by atoms with Gasteiger partial charge in [-0.1, -0.05) is 18.2 Å². The summed E-state index contributed by atoms with van der Waals surface area (Å²) in [4.78, 5) is 26.0. The first-order valence-corrected chi connectivity index (χ1v) is 5.98. The molecule has 1 radical (unpaired) electrons. The first-order chi connectivity index (χ1) is 8.79. The zero-order valence-corrected chi connectivity index (χ0v) is 10.1. The predicted molar refractivity (Wildman–Crippen MR) is 69.2 cm³/mol. The van der Waals surface area contributed by atoms with Crippen molar-refractivity contribution in [2.75, 3.05) is 38.0 Å². The van der Waals surface area contributed by atoms with Crippen LogP contribution in [0.15, 0.2) is 30.3 Å². The molecule has 5 nitrogen and oxygen atoms in total. The number of hydrogen-bond donors (Lipinski definition) is 1.